The molecular formula is C10H17N3O2. The number of hydrogen-bond acceptors (Lipinski definition) is 5. The molecule has 0 bridgehead atoms. The predicted molar refractivity (Wildman–Crippen MR) is 54.0 cm³/mol. The average Bonchev–Trinajstić information content (AvgIpc) is 2.72. The summed E-state index contributed by atoms with van der Waals surface area (Å²) in [5, 5.41) is 3.92. The van der Waals surface area contributed by atoms with Crippen molar-refractivity contribution in [3.63, 3.8) is 0 Å². The molecule has 1 aromatic rings. The number of nitrogens with zero attached hydrogens (tertiary/aromatic N) is 2. The Kier molecular flexibility index (Phi) is 2.31. The molecule has 84 valence electrons. The van der Waals surface area contributed by atoms with Gasteiger partial charge < -0.3 is 15.0 Å². The monoisotopic (exact) mass is 211 g/mol. The van der Waals surface area contributed by atoms with Gasteiger partial charge in [-0.05, 0) is 33.6 Å². The first-order valence-electron chi connectivity index (χ1n) is 5.25. The van der Waals surface area contributed by atoms with Crippen LogP contribution in [-0.2, 0) is 15.9 Å². The third-order valence-electron chi connectivity index (χ3n) is 2.68. The minimum atomic E-state index is -0.512. The number of nitrogens with two attached hydrogens (primary N) is 1. The van der Waals surface area contributed by atoms with E-state index in [0.29, 0.717) is 18.3 Å². The summed E-state index contributed by atoms with van der Waals surface area (Å²) in [5.41, 5.74) is 5.08. The quantitative estimate of drug-likeness (QED) is 0.812. The lowest BCUT2D eigenvalue weighted by Gasteiger charge is -2.19. The van der Waals surface area contributed by atoms with Crippen LogP contribution in [-0.4, -0.2) is 16.7 Å². The van der Waals surface area contributed by atoms with Crippen LogP contribution < -0.4 is 5.73 Å². The van der Waals surface area contributed by atoms with E-state index in [-0.39, 0.29) is 5.54 Å². The van der Waals surface area contributed by atoms with Gasteiger partial charge in [0.05, 0.1) is 5.54 Å². The SMILES string of the molecule is CCOC(C)(C)c1noc(C2(N)CC2)n1. The maximum atomic E-state index is 5.96. The van der Waals surface area contributed by atoms with Crippen molar-refractivity contribution in [2.75, 3.05) is 6.61 Å². The Balaban J connectivity index is 2.19. The zero-order valence-corrected chi connectivity index (χ0v) is 9.41. The van der Waals surface area contributed by atoms with Gasteiger partial charge in [0, 0.05) is 6.61 Å². The molecule has 0 atom stereocenters. The van der Waals surface area contributed by atoms with Crippen molar-refractivity contribution in [1.29, 1.82) is 0 Å². The maximum Gasteiger partial charge on any atom is 0.246 e. The normalized spacial score (nSPS) is 19.2. The summed E-state index contributed by atoms with van der Waals surface area (Å²) in [4.78, 5) is 4.31. The molecule has 2 N–H and O–H groups in total. The van der Waals surface area contributed by atoms with Crippen molar-refractivity contribution < 1.29 is 9.26 Å². The molecule has 1 aromatic heterocycles. The molecule has 1 fully saturated rings. The fourth-order valence-corrected chi connectivity index (χ4v) is 1.44. The molecular weight excluding hydrogens is 194 g/mol. The van der Waals surface area contributed by atoms with Gasteiger partial charge in [-0.15, -0.1) is 0 Å². The van der Waals surface area contributed by atoms with Gasteiger partial charge in [0.2, 0.25) is 11.7 Å². The minimum absolute atomic E-state index is 0.368. The van der Waals surface area contributed by atoms with Gasteiger partial charge >= 0.3 is 0 Å². The molecule has 0 saturated heterocycles. The zero-order valence-electron chi connectivity index (χ0n) is 9.41. The van der Waals surface area contributed by atoms with E-state index in [4.69, 9.17) is 15.0 Å². The van der Waals surface area contributed by atoms with Crippen LogP contribution in [0.4, 0.5) is 0 Å². The Morgan fingerprint density at radius 3 is 2.73 bits per heavy atom. The summed E-state index contributed by atoms with van der Waals surface area (Å²) in [6.07, 6.45) is 1.84. The molecule has 0 spiro atoms. The average molecular weight is 211 g/mol. The van der Waals surface area contributed by atoms with Crippen LogP contribution in [0.1, 0.15) is 45.3 Å². The Bertz CT molecular complexity index is 355. The van der Waals surface area contributed by atoms with Gasteiger partial charge in [-0.25, -0.2) is 0 Å². The van der Waals surface area contributed by atoms with Gasteiger partial charge in [-0.2, -0.15) is 4.98 Å². The summed E-state index contributed by atoms with van der Waals surface area (Å²) >= 11 is 0. The van der Waals surface area contributed by atoms with Gasteiger partial charge in [0.25, 0.3) is 0 Å². The third-order valence-corrected chi connectivity index (χ3v) is 2.68. The standard InChI is InChI=1S/C10H17N3O2/c1-4-14-9(2,3)7-12-8(15-13-7)10(11)5-6-10/h4-6,11H2,1-3H3. The van der Waals surface area contributed by atoms with Crippen LogP contribution >= 0.6 is 0 Å². The second-order valence-electron chi connectivity index (χ2n) is 4.52. The first kappa shape index (κ1) is 10.6. The van der Waals surface area contributed by atoms with Crippen molar-refractivity contribution in [1.82, 2.24) is 10.1 Å². The highest BCUT2D eigenvalue weighted by Crippen LogP contribution is 2.42. The molecule has 15 heavy (non-hydrogen) atoms. The van der Waals surface area contributed by atoms with E-state index in [9.17, 15) is 0 Å². The molecule has 0 amide bonds. The Morgan fingerprint density at radius 2 is 2.20 bits per heavy atom. The third kappa shape index (κ3) is 1.89. The van der Waals surface area contributed by atoms with Gasteiger partial charge in [0.1, 0.15) is 5.60 Å². The van der Waals surface area contributed by atoms with E-state index in [1.807, 2.05) is 20.8 Å². The van der Waals surface area contributed by atoms with Crippen molar-refractivity contribution in [2.24, 2.45) is 5.73 Å². The maximum absolute atomic E-state index is 5.96. The van der Waals surface area contributed by atoms with Gasteiger partial charge in [0.15, 0.2) is 0 Å². The van der Waals surface area contributed by atoms with Crippen LogP contribution in [0.25, 0.3) is 0 Å². The van der Waals surface area contributed by atoms with E-state index >= 15 is 0 Å². The van der Waals surface area contributed by atoms with E-state index in [0.717, 1.165) is 12.8 Å². The largest absolute Gasteiger partial charge is 0.368 e. The summed E-state index contributed by atoms with van der Waals surface area (Å²) in [7, 11) is 0. The van der Waals surface area contributed by atoms with Crippen LogP contribution in [0.3, 0.4) is 0 Å². The van der Waals surface area contributed by atoms with E-state index in [2.05, 4.69) is 10.1 Å². The molecule has 2 rings (SSSR count). The predicted octanol–water partition coefficient (Wildman–Crippen LogP) is 1.29. The van der Waals surface area contributed by atoms with Crippen LogP contribution in [0.2, 0.25) is 0 Å². The summed E-state index contributed by atoms with van der Waals surface area (Å²) in [6, 6.07) is 0. The van der Waals surface area contributed by atoms with Crippen molar-refractivity contribution in [3.05, 3.63) is 11.7 Å². The molecule has 0 unspecified atom stereocenters. The molecule has 1 saturated carbocycles. The topological polar surface area (TPSA) is 74.2 Å². The molecule has 1 aliphatic rings. The second kappa shape index (κ2) is 3.28. The van der Waals surface area contributed by atoms with E-state index in [1.165, 1.54) is 0 Å². The fourth-order valence-electron chi connectivity index (χ4n) is 1.44. The van der Waals surface area contributed by atoms with Crippen molar-refractivity contribution in [2.45, 2.75) is 44.8 Å². The van der Waals surface area contributed by atoms with Crippen LogP contribution in [0, 0.1) is 0 Å². The highest BCUT2D eigenvalue weighted by atomic mass is 16.5. The molecule has 1 heterocycles. The second-order valence-corrected chi connectivity index (χ2v) is 4.52. The summed E-state index contributed by atoms with van der Waals surface area (Å²) in [6.45, 7) is 6.39. The molecule has 5 nitrogen and oxygen atoms in total. The minimum Gasteiger partial charge on any atom is -0.368 e. The van der Waals surface area contributed by atoms with Crippen LogP contribution in [0.15, 0.2) is 4.52 Å². The first-order chi connectivity index (χ1) is 6.98. The highest BCUT2D eigenvalue weighted by molar-refractivity contribution is 5.13. The van der Waals surface area contributed by atoms with E-state index in [1.54, 1.807) is 0 Å². The van der Waals surface area contributed by atoms with Gasteiger partial charge in [-0.3, -0.25) is 0 Å². The van der Waals surface area contributed by atoms with Crippen molar-refractivity contribution in [3.8, 4) is 0 Å². The van der Waals surface area contributed by atoms with Crippen molar-refractivity contribution >= 4 is 0 Å². The number of rotatable bonds is 4. The number of ether oxygens (including phenoxy) is 1. The van der Waals surface area contributed by atoms with Gasteiger partial charge in [-0.1, -0.05) is 5.16 Å². The smallest absolute Gasteiger partial charge is 0.246 e. The highest BCUT2D eigenvalue weighted by Gasteiger charge is 2.46. The lowest BCUT2D eigenvalue weighted by molar-refractivity contribution is -0.0221. The molecule has 0 radical (unpaired) electrons. The lowest BCUT2D eigenvalue weighted by atomic mass is 10.1. The first-order valence-corrected chi connectivity index (χ1v) is 5.25. The number of aromatic nitrogens is 2. The zero-order chi connectivity index (χ0) is 11.1. The lowest BCUT2D eigenvalue weighted by Crippen LogP contribution is -2.24. The Labute approximate surface area is 89.0 Å². The summed E-state index contributed by atoms with van der Waals surface area (Å²) in [5.74, 6) is 1.10. The molecule has 1 aliphatic carbocycles. The Morgan fingerprint density at radius 1 is 1.53 bits per heavy atom. The van der Waals surface area contributed by atoms with E-state index < -0.39 is 5.60 Å². The Hall–Kier alpha value is -0.940. The molecule has 5 heteroatoms. The van der Waals surface area contributed by atoms with Crippen LogP contribution in [0.5, 0.6) is 0 Å². The fraction of sp³-hybridized carbons (Fsp3) is 0.800. The number of hydrogen-bond donors (Lipinski definition) is 1. The molecule has 0 aliphatic heterocycles. The summed E-state index contributed by atoms with van der Waals surface area (Å²) < 4.78 is 10.7. The molecule has 0 aromatic carbocycles.